The number of methoxy groups -OCH3 is 1. The quantitative estimate of drug-likeness (QED) is 0.760. The number of hydrogen-bond acceptors (Lipinski definition) is 4. The lowest BCUT2D eigenvalue weighted by Crippen LogP contribution is -2.56. The van der Waals surface area contributed by atoms with Crippen LogP contribution in [-0.4, -0.2) is 44.7 Å². The molecule has 1 amide bonds. The van der Waals surface area contributed by atoms with Gasteiger partial charge in [-0.15, -0.1) is 0 Å². The Hall–Kier alpha value is -2.41. The van der Waals surface area contributed by atoms with Crippen LogP contribution in [0.15, 0.2) is 47.4 Å². The summed E-state index contributed by atoms with van der Waals surface area (Å²) < 4.78 is 43.8. The zero-order chi connectivity index (χ0) is 19.6. The number of sulfone groups is 1. The molecule has 3 rings (SSSR count). The molecule has 2 aromatic carbocycles. The van der Waals surface area contributed by atoms with Gasteiger partial charge in [0.15, 0.2) is 9.84 Å². The van der Waals surface area contributed by atoms with E-state index < -0.39 is 15.1 Å². The van der Waals surface area contributed by atoms with Gasteiger partial charge >= 0.3 is 0 Å². The van der Waals surface area contributed by atoms with Gasteiger partial charge in [0.25, 0.3) is 0 Å². The largest absolute Gasteiger partial charge is 0.497 e. The van der Waals surface area contributed by atoms with Crippen LogP contribution >= 0.6 is 0 Å². The number of likely N-dealkylation sites (tertiary alicyclic amines) is 1. The average molecular weight is 391 g/mol. The minimum atomic E-state index is -3.47. The van der Waals surface area contributed by atoms with Gasteiger partial charge in [0.05, 0.1) is 12.0 Å². The molecule has 0 aromatic heterocycles. The lowest BCUT2D eigenvalue weighted by molar-refractivity contribution is -0.134. The molecule has 27 heavy (non-hydrogen) atoms. The molecule has 0 aliphatic carbocycles. The Kier molecular flexibility index (Phi) is 5.51. The van der Waals surface area contributed by atoms with Crippen molar-refractivity contribution >= 4 is 15.7 Å². The van der Waals surface area contributed by atoms with E-state index in [0.29, 0.717) is 17.7 Å². The van der Waals surface area contributed by atoms with Gasteiger partial charge in [-0.3, -0.25) is 4.79 Å². The summed E-state index contributed by atoms with van der Waals surface area (Å²) in [6.07, 6.45) is 0.667. The van der Waals surface area contributed by atoms with Gasteiger partial charge in [0.1, 0.15) is 16.8 Å². The first kappa shape index (κ1) is 19.4. The predicted molar refractivity (Wildman–Crippen MR) is 100 cm³/mol. The minimum absolute atomic E-state index is 0.114. The van der Waals surface area contributed by atoms with Crippen molar-refractivity contribution in [1.82, 2.24) is 4.90 Å². The molecule has 0 bridgehead atoms. The second-order valence-corrected chi connectivity index (χ2v) is 8.95. The highest BCUT2D eigenvalue weighted by Crippen LogP contribution is 2.26. The molecule has 1 aliphatic rings. The number of rotatable bonds is 6. The molecule has 144 valence electrons. The number of carbonyl (C=O) groups excluding carboxylic acids is 1. The Morgan fingerprint density at radius 3 is 2.44 bits per heavy atom. The normalized spacial score (nSPS) is 14.7. The Morgan fingerprint density at radius 2 is 1.85 bits per heavy atom. The summed E-state index contributed by atoms with van der Waals surface area (Å²) in [4.78, 5) is 14.0. The first-order valence-electron chi connectivity index (χ1n) is 8.72. The fourth-order valence-electron chi connectivity index (χ4n) is 3.00. The number of carbonyl (C=O) groups is 1. The Morgan fingerprint density at radius 1 is 1.19 bits per heavy atom. The summed E-state index contributed by atoms with van der Waals surface area (Å²) in [5.41, 5.74) is 1.33. The number of aryl methyl sites for hydroxylation is 2. The van der Waals surface area contributed by atoms with Gasteiger partial charge in [-0.1, -0.05) is 12.1 Å². The molecule has 1 saturated heterocycles. The van der Waals surface area contributed by atoms with Gasteiger partial charge in [-0.25, -0.2) is 12.8 Å². The van der Waals surface area contributed by atoms with E-state index in [1.54, 1.807) is 31.2 Å². The highest BCUT2D eigenvalue weighted by atomic mass is 32.2. The van der Waals surface area contributed by atoms with Crippen LogP contribution in [0.4, 0.5) is 4.39 Å². The first-order valence-corrected chi connectivity index (χ1v) is 10.3. The molecule has 0 unspecified atom stereocenters. The summed E-state index contributed by atoms with van der Waals surface area (Å²) >= 11 is 0. The molecule has 1 heterocycles. The number of hydrogen-bond donors (Lipinski definition) is 0. The molecule has 0 radical (unpaired) electrons. The Bertz CT molecular complexity index is 935. The van der Waals surface area contributed by atoms with E-state index in [1.807, 2.05) is 0 Å². The maximum Gasteiger partial charge on any atom is 0.222 e. The summed E-state index contributed by atoms with van der Waals surface area (Å²) in [6.45, 7) is 2.07. The third-order valence-electron chi connectivity index (χ3n) is 4.89. The third-order valence-corrected chi connectivity index (χ3v) is 7.00. The van der Waals surface area contributed by atoms with Crippen LogP contribution in [0.1, 0.15) is 17.5 Å². The summed E-state index contributed by atoms with van der Waals surface area (Å²) in [6, 6.07) is 11.2. The maximum absolute atomic E-state index is 13.6. The van der Waals surface area contributed by atoms with E-state index in [4.69, 9.17) is 4.74 Å². The van der Waals surface area contributed by atoms with Crippen LogP contribution in [0, 0.1) is 12.7 Å². The number of ether oxygens (including phenoxy) is 1. The molecule has 0 saturated carbocycles. The number of halogens is 1. The van der Waals surface area contributed by atoms with Crippen molar-refractivity contribution in [1.29, 1.82) is 0 Å². The first-order chi connectivity index (χ1) is 12.8. The lowest BCUT2D eigenvalue weighted by Gasteiger charge is -2.38. The molecule has 5 nitrogen and oxygen atoms in total. The number of benzene rings is 2. The smallest absolute Gasteiger partial charge is 0.222 e. The molecule has 7 heteroatoms. The van der Waals surface area contributed by atoms with Crippen LogP contribution in [0.2, 0.25) is 0 Å². The van der Waals surface area contributed by atoms with E-state index in [-0.39, 0.29) is 36.1 Å². The Balaban J connectivity index is 1.54. The fraction of sp³-hybridized carbons (Fsp3) is 0.350. The fourth-order valence-corrected chi connectivity index (χ4v) is 4.65. The Labute approximate surface area is 158 Å². The summed E-state index contributed by atoms with van der Waals surface area (Å²) in [5.74, 6) is 0.193. The van der Waals surface area contributed by atoms with Crippen molar-refractivity contribution in [3.8, 4) is 5.75 Å². The van der Waals surface area contributed by atoms with E-state index in [0.717, 1.165) is 5.56 Å². The number of nitrogens with zero attached hydrogens (tertiary/aromatic N) is 1. The highest BCUT2D eigenvalue weighted by molar-refractivity contribution is 7.92. The van der Waals surface area contributed by atoms with Crippen molar-refractivity contribution in [3.05, 3.63) is 59.4 Å². The van der Waals surface area contributed by atoms with Crippen molar-refractivity contribution < 1.29 is 22.3 Å². The monoisotopic (exact) mass is 391 g/mol. The molecular weight excluding hydrogens is 369 g/mol. The lowest BCUT2D eigenvalue weighted by atomic mass is 10.1. The summed E-state index contributed by atoms with van der Waals surface area (Å²) in [7, 11) is -1.95. The third kappa shape index (κ3) is 4.13. The SMILES string of the molecule is COc1ccc(S(=O)(=O)C2CN(C(=O)CCc3ccc(C)c(F)c3)C2)cc1. The van der Waals surface area contributed by atoms with Gasteiger partial charge < -0.3 is 9.64 Å². The second-order valence-electron chi connectivity index (χ2n) is 6.72. The van der Waals surface area contributed by atoms with E-state index in [9.17, 15) is 17.6 Å². The molecule has 0 atom stereocenters. The van der Waals surface area contributed by atoms with E-state index >= 15 is 0 Å². The standard InChI is InChI=1S/C20H22FNO4S/c1-14-3-4-15(11-19(14)21)5-10-20(23)22-12-18(13-22)27(24,25)17-8-6-16(26-2)7-9-17/h3-4,6-9,11,18H,5,10,12-13H2,1-2H3. The van der Waals surface area contributed by atoms with E-state index in [1.165, 1.54) is 30.2 Å². The zero-order valence-electron chi connectivity index (χ0n) is 15.3. The predicted octanol–water partition coefficient (Wildman–Crippen LogP) is 2.76. The van der Waals surface area contributed by atoms with Gasteiger partial charge in [-0.2, -0.15) is 0 Å². The van der Waals surface area contributed by atoms with Gasteiger partial charge in [-0.05, 0) is 54.8 Å². The minimum Gasteiger partial charge on any atom is -0.497 e. The highest BCUT2D eigenvalue weighted by Gasteiger charge is 2.40. The van der Waals surface area contributed by atoms with Crippen LogP contribution in [0.3, 0.4) is 0 Å². The van der Waals surface area contributed by atoms with Crippen LogP contribution in [0.25, 0.3) is 0 Å². The van der Waals surface area contributed by atoms with Crippen LogP contribution in [0.5, 0.6) is 5.75 Å². The van der Waals surface area contributed by atoms with Crippen molar-refractivity contribution in [2.45, 2.75) is 29.9 Å². The van der Waals surface area contributed by atoms with Crippen molar-refractivity contribution in [2.75, 3.05) is 20.2 Å². The van der Waals surface area contributed by atoms with Gasteiger partial charge in [0, 0.05) is 19.5 Å². The zero-order valence-corrected chi connectivity index (χ0v) is 16.1. The van der Waals surface area contributed by atoms with E-state index in [2.05, 4.69) is 0 Å². The molecule has 1 aliphatic heterocycles. The van der Waals surface area contributed by atoms with Crippen LogP contribution < -0.4 is 4.74 Å². The molecule has 2 aromatic rings. The molecule has 0 spiro atoms. The summed E-state index contributed by atoms with van der Waals surface area (Å²) in [5, 5.41) is -0.591. The number of amides is 1. The molecular formula is C20H22FNO4S. The molecule has 0 N–H and O–H groups in total. The molecule has 1 fully saturated rings. The van der Waals surface area contributed by atoms with Crippen molar-refractivity contribution in [2.24, 2.45) is 0 Å². The van der Waals surface area contributed by atoms with Gasteiger partial charge in [0.2, 0.25) is 5.91 Å². The average Bonchev–Trinajstić information content (AvgIpc) is 2.61. The van der Waals surface area contributed by atoms with Crippen molar-refractivity contribution in [3.63, 3.8) is 0 Å². The topological polar surface area (TPSA) is 63.7 Å². The second kappa shape index (κ2) is 7.68. The van der Waals surface area contributed by atoms with Crippen LogP contribution in [-0.2, 0) is 21.1 Å². The maximum atomic E-state index is 13.6.